The molecular formula is C26H39FN2O2. The van der Waals surface area contributed by atoms with Crippen LogP contribution in [-0.2, 0) is 0 Å². The molecule has 172 valence electrons. The number of halogens is 1. The summed E-state index contributed by atoms with van der Waals surface area (Å²) in [5.74, 6) is 2.19. The summed E-state index contributed by atoms with van der Waals surface area (Å²) in [5, 5.41) is 0. The fourth-order valence-electron chi connectivity index (χ4n) is 3.38. The van der Waals surface area contributed by atoms with Crippen LogP contribution in [-0.4, -0.2) is 29.4 Å². The monoisotopic (exact) mass is 430 g/mol. The van der Waals surface area contributed by atoms with Gasteiger partial charge in [-0.15, -0.1) is 0 Å². The molecule has 0 radical (unpaired) electrons. The fourth-order valence-corrected chi connectivity index (χ4v) is 3.38. The maximum atomic E-state index is 13.7. The van der Waals surface area contributed by atoms with Gasteiger partial charge in [0.2, 0.25) is 0 Å². The van der Waals surface area contributed by atoms with E-state index >= 15 is 0 Å². The van der Waals surface area contributed by atoms with Gasteiger partial charge in [-0.3, -0.25) is 0 Å². The molecule has 0 fully saturated rings. The van der Waals surface area contributed by atoms with E-state index in [9.17, 15) is 4.39 Å². The summed E-state index contributed by atoms with van der Waals surface area (Å²) >= 11 is 0. The lowest BCUT2D eigenvalue weighted by molar-refractivity contribution is 0.260. The highest BCUT2D eigenvalue weighted by molar-refractivity contribution is 5.56. The summed E-state index contributed by atoms with van der Waals surface area (Å²) in [6.45, 7) is 5.67. The number of hydrogen-bond donors (Lipinski definition) is 0. The van der Waals surface area contributed by atoms with Crippen molar-refractivity contribution in [2.75, 3.05) is 13.2 Å². The number of ether oxygens (including phenoxy) is 2. The molecule has 0 saturated carbocycles. The van der Waals surface area contributed by atoms with Crippen molar-refractivity contribution in [1.82, 2.24) is 9.97 Å². The lowest BCUT2D eigenvalue weighted by Gasteiger charge is -2.09. The van der Waals surface area contributed by atoms with Crippen LogP contribution in [0.15, 0.2) is 36.7 Å². The predicted octanol–water partition coefficient (Wildman–Crippen LogP) is 7.57. The molecule has 1 aromatic carbocycles. The largest absolute Gasteiger partial charge is 0.494 e. The molecule has 1 atom stereocenters. The molecule has 0 amide bonds. The van der Waals surface area contributed by atoms with Crippen LogP contribution in [0.25, 0.3) is 11.4 Å². The van der Waals surface area contributed by atoms with Gasteiger partial charge < -0.3 is 9.47 Å². The number of hydrogen-bond acceptors (Lipinski definition) is 4. The third-order valence-electron chi connectivity index (χ3n) is 5.31. The first-order valence-electron chi connectivity index (χ1n) is 12.0. The van der Waals surface area contributed by atoms with Crippen molar-refractivity contribution in [3.05, 3.63) is 36.7 Å². The van der Waals surface area contributed by atoms with Crippen LogP contribution in [0.3, 0.4) is 0 Å². The number of nitrogens with zero attached hydrogens (tertiary/aromatic N) is 2. The zero-order chi connectivity index (χ0) is 22.2. The summed E-state index contributed by atoms with van der Waals surface area (Å²) < 4.78 is 25.2. The van der Waals surface area contributed by atoms with Gasteiger partial charge in [0.1, 0.15) is 11.9 Å². The highest BCUT2D eigenvalue weighted by Gasteiger charge is 2.06. The van der Waals surface area contributed by atoms with E-state index in [-0.39, 0.29) is 0 Å². The van der Waals surface area contributed by atoms with Gasteiger partial charge in [-0.2, -0.15) is 0 Å². The molecule has 1 unspecified atom stereocenters. The Hall–Kier alpha value is -2.17. The van der Waals surface area contributed by atoms with E-state index < -0.39 is 6.17 Å². The minimum atomic E-state index is -0.674. The van der Waals surface area contributed by atoms with Crippen molar-refractivity contribution in [1.29, 1.82) is 0 Å². The molecule has 2 rings (SSSR count). The van der Waals surface area contributed by atoms with Crippen LogP contribution in [0.5, 0.6) is 11.5 Å². The predicted molar refractivity (Wildman–Crippen MR) is 125 cm³/mol. The van der Waals surface area contributed by atoms with E-state index in [0.717, 1.165) is 56.4 Å². The molecular weight excluding hydrogens is 391 g/mol. The molecule has 1 heterocycles. The van der Waals surface area contributed by atoms with Crippen LogP contribution >= 0.6 is 0 Å². The molecule has 0 aliphatic heterocycles. The Morgan fingerprint density at radius 1 is 0.710 bits per heavy atom. The Kier molecular flexibility index (Phi) is 12.6. The quantitative estimate of drug-likeness (QED) is 0.243. The first-order chi connectivity index (χ1) is 15.2. The van der Waals surface area contributed by atoms with E-state index in [1.165, 1.54) is 19.3 Å². The van der Waals surface area contributed by atoms with Crippen LogP contribution in [0.2, 0.25) is 0 Å². The third kappa shape index (κ3) is 10.6. The third-order valence-corrected chi connectivity index (χ3v) is 5.31. The van der Waals surface area contributed by atoms with Gasteiger partial charge in [0.25, 0.3) is 0 Å². The van der Waals surface area contributed by atoms with E-state index in [0.29, 0.717) is 31.0 Å². The van der Waals surface area contributed by atoms with Crippen LogP contribution < -0.4 is 9.47 Å². The van der Waals surface area contributed by atoms with Crippen molar-refractivity contribution in [2.24, 2.45) is 0 Å². The molecule has 4 nitrogen and oxygen atoms in total. The summed E-state index contributed by atoms with van der Waals surface area (Å²) in [5.41, 5.74) is 0.946. The van der Waals surface area contributed by atoms with E-state index in [4.69, 9.17) is 9.47 Å². The maximum Gasteiger partial charge on any atom is 0.159 e. The molecule has 5 heteroatoms. The minimum absolute atomic E-state index is 0.564. The van der Waals surface area contributed by atoms with Crippen molar-refractivity contribution in [2.45, 2.75) is 90.6 Å². The molecule has 31 heavy (non-hydrogen) atoms. The van der Waals surface area contributed by atoms with Crippen molar-refractivity contribution < 1.29 is 13.9 Å². The average Bonchev–Trinajstić information content (AvgIpc) is 2.80. The lowest BCUT2D eigenvalue weighted by Crippen LogP contribution is -2.03. The smallest absolute Gasteiger partial charge is 0.159 e. The van der Waals surface area contributed by atoms with Gasteiger partial charge >= 0.3 is 0 Å². The van der Waals surface area contributed by atoms with Gasteiger partial charge in [-0.05, 0) is 56.4 Å². The van der Waals surface area contributed by atoms with Gasteiger partial charge in [0.15, 0.2) is 11.6 Å². The molecule has 0 aliphatic carbocycles. The highest BCUT2D eigenvalue weighted by Crippen LogP contribution is 2.21. The summed E-state index contributed by atoms with van der Waals surface area (Å²) in [7, 11) is 0. The molecule has 0 N–H and O–H groups in total. The maximum absolute atomic E-state index is 13.7. The average molecular weight is 431 g/mol. The number of aromatic nitrogens is 2. The highest BCUT2D eigenvalue weighted by atomic mass is 19.1. The first-order valence-corrected chi connectivity index (χ1v) is 12.0. The standard InChI is InChI=1S/C26H39FN2O2/c1-3-5-7-10-18-30-24-16-14-22(15-17-24)26-28-20-25(21-29-26)31-19-11-9-13-23(27)12-8-6-4-2/h14-17,20-21,23H,3-13,18-19H2,1-2H3. The molecule has 0 saturated heterocycles. The zero-order valence-corrected chi connectivity index (χ0v) is 19.3. The molecule has 0 aliphatic rings. The van der Waals surface area contributed by atoms with Crippen molar-refractivity contribution in [3.63, 3.8) is 0 Å². The van der Waals surface area contributed by atoms with Gasteiger partial charge in [0, 0.05) is 5.56 Å². The number of alkyl halides is 1. The van der Waals surface area contributed by atoms with Crippen LogP contribution in [0.1, 0.15) is 84.5 Å². The zero-order valence-electron chi connectivity index (χ0n) is 19.3. The van der Waals surface area contributed by atoms with Gasteiger partial charge in [0.05, 0.1) is 25.6 Å². The van der Waals surface area contributed by atoms with Gasteiger partial charge in [-0.1, -0.05) is 52.4 Å². The normalized spacial score (nSPS) is 12.0. The Bertz CT molecular complexity index is 692. The van der Waals surface area contributed by atoms with Crippen LogP contribution in [0, 0.1) is 0 Å². The lowest BCUT2D eigenvalue weighted by atomic mass is 10.1. The van der Waals surface area contributed by atoms with E-state index in [1.54, 1.807) is 12.4 Å². The molecule has 0 bridgehead atoms. The summed E-state index contributed by atoms with van der Waals surface area (Å²) in [6.07, 6.45) is 13.8. The first kappa shape index (κ1) is 25.1. The number of benzene rings is 1. The second-order valence-corrected chi connectivity index (χ2v) is 8.11. The molecule has 1 aromatic heterocycles. The number of rotatable bonds is 17. The number of unbranched alkanes of at least 4 members (excludes halogenated alkanes) is 6. The second-order valence-electron chi connectivity index (χ2n) is 8.11. The second kappa shape index (κ2) is 15.6. The Morgan fingerprint density at radius 2 is 1.26 bits per heavy atom. The van der Waals surface area contributed by atoms with Crippen LogP contribution in [0.4, 0.5) is 4.39 Å². The van der Waals surface area contributed by atoms with Crippen molar-refractivity contribution >= 4 is 0 Å². The summed E-state index contributed by atoms with van der Waals surface area (Å²) in [4.78, 5) is 8.81. The SMILES string of the molecule is CCCCCCOc1ccc(-c2ncc(OCCCCC(F)CCCCC)cn2)cc1. The minimum Gasteiger partial charge on any atom is -0.494 e. The fraction of sp³-hybridized carbons (Fsp3) is 0.615. The van der Waals surface area contributed by atoms with E-state index in [1.807, 2.05) is 24.3 Å². The summed E-state index contributed by atoms with van der Waals surface area (Å²) in [6, 6.07) is 7.88. The van der Waals surface area contributed by atoms with Crippen molar-refractivity contribution in [3.8, 4) is 22.9 Å². The Morgan fingerprint density at radius 3 is 1.90 bits per heavy atom. The Labute approximate surface area is 187 Å². The Balaban J connectivity index is 1.66. The molecule has 0 spiro atoms. The van der Waals surface area contributed by atoms with E-state index in [2.05, 4.69) is 23.8 Å². The topological polar surface area (TPSA) is 44.2 Å². The molecule has 2 aromatic rings. The van der Waals surface area contributed by atoms with Gasteiger partial charge in [-0.25, -0.2) is 14.4 Å².